The zero-order valence-electron chi connectivity index (χ0n) is 6.38. The van der Waals surface area contributed by atoms with Gasteiger partial charge >= 0.3 is 0 Å². The van der Waals surface area contributed by atoms with Crippen molar-refractivity contribution in [3.05, 3.63) is 11.8 Å². The van der Waals surface area contributed by atoms with Gasteiger partial charge in [-0.2, -0.15) is 5.48 Å². The van der Waals surface area contributed by atoms with E-state index in [1.165, 1.54) is 0 Å². The van der Waals surface area contributed by atoms with Crippen molar-refractivity contribution in [2.75, 3.05) is 0 Å². The number of hydrogen-bond acceptors (Lipinski definition) is 4. The summed E-state index contributed by atoms with van der Waals surface area (Å²) in [6, 6.07) is -0.137. The summed E-state index contributed by atoms with van der Waals surface area (Å²) in [5.74, 6) is 0. The minimum atomic E-state index is -0.137. The number of hydrogen-bond donors (Lipinski definition) is 4. The standard InChI is InChI=1S/C7H14N2O2/c10-8-6-4-2-1-3-5-7(6)9-11/h4,7-11H,1-3,5H2/t7-/m1/s1. The fourth-order valence-corrected chi connectivity index (χ4v) is 1.31. The van der Waals surface area contributed by atoms with Crippen LogP contribution in [0.2, 0.25) is 0 Å². The molecule has 1 atom stereocenters. The lowest BCUT2D eigenvalue weighted by atomic mass is 10.1. The van der Waals surface area contributed by atoms with E-state index in [2.05, 4.69) is 11.0 Å². The second-order valence-electron chi connectivity index (χ2n) is 2.74. The minimum Gasteiger partial charge on any atom is -0.316 e. The topological polar surface area (TPSA) is 64.5 Å². The quantitative estimate of drug-likeness (QED) is 0.448. The van der Waals surface area contributed by atoms with Crippen molar-refractivity contribution in [2.24, 2.45) is 0 Å². The Hall–Kier alpha value is -0.580. The molecule has 1 rings (SSSR count). The summed E-state index contributed by atoms with van der Waals surface area (Å²) in [6.07, 6.45) is 5.90. The molecule has 0 saturated carbocycles. The van der Waals surface area contributed by atoms with Crippen LogP contribution < -0.4 is 11.0 Å². The largest absolute Gasteiger partial charge is 0.316 e. The van der Waals surface area contributed by atoms with Crippen molar-refractivity contribution in [3.8, 4) is 0 Å². The van der Waals surface area contributed by atoms with Crippen molar-refractivity contribution in [1.82, 2.24) is 11.0 Å². The van der Waals surface area contributed by atoms with E-state index in [0.717, 1.165) is 25.7 Å². The van der Waals surface area contributed by atoms with Gasteiger partial charge in [-0.1, -0.05) is 12.5 Å². The Kier molecular flexibility index (Phi) is 3.35. The van der Waals surface area contributed by atoms with Gasteiger partial charge in [0.25, 0.3) is 0 Å². The van der Waals surface area contributed by atoms with Crippen molar-refractivity contribution in [3.63, 3.8) is 0 Å². The Morgan fingerprint density at radius 2 is 2.18 bits per heavy atom. The first-order valence-corrected chi connectivity index (χ1v) is 3.88. The number of hydroxylamine groups is 2. The molecule has 0 aliphatic heterocycles. The molecule has 11 heavy (non-hydrogen) atoms. The summed E-state index contributed by atoms with van der Waals surface area (Å²) in [7, 11) is 0. The fourth-order valence-electron chi connectivity index (χ4n) is 1.31. The number of allylic oxidation sites excluding steroid dienone is 1. The lowest BCUT2D eigenvalue weighted by Crippen LogP contribution is -2.32. The van der Waals surface area contributed by atoms with Crippen LogP contribution in [0.5, 0.6) is 0 Å². The average Bonchev–Trinajstić information content (AvgIpc) is 2.27. The Morgan fingerprint density at radius 3 is 2.82 bits per heavy atom. The van der Waals surface area contributed by atoms with Crippen LogP contribution in [-0.2, 0) is 0 Å². The molecular weight excluding hydrogens is 144 g/mol. The molecule has 0 radical (unpaired) electrons. The highest BCUT2D eigenvalue weighted by Gasteiger charge is 2.14. The van der Waals surface area contributed by atoms with Crippen molar-refractivity contribution in [2.45, 2.75) is 31.7 Å². The van der Waals surface area contributed by atoms with E-state index in [1.54, 1.807) is 0 Å². The molecule has 0 aromatic rings. The summed E-state index contributed by atoms with van der Waals surface area (Å²) >= 11 is 0. The zero-order chi connectivity index (χ0) is 8.10. The zero-order valence-corrected chi connectivity index (χ0v) is 6.38. The first-order chi connectivity index (χ1) is 5.38. The normalized spacial score (nSPS) is 25.6. The molecule has 0 saturated heterocycles. The molecule has 64 valence electrons. The van der Waals surface area contributed by atoms with E-state index in [1.807, 2.05) is 6.08 Å². The van der Waals surface area contributed by atoms with Crippen LogP contribution in [0.3, 0.4) is 0 Å². The highest BCUT2D eigenvalue weighted by atomic mass is 16.5. The van der Waals surface area contributed by atoms with Gasteiger partial charge in [-0.05, 0) is 19.3 Å². The molecule has 0 heterocycles. The van der Waals surface area contributed by atoms with Crippen molar-refractivity contribution < 1.29 is 10.4 Å². The molecule has 4 nitrogen and oxygen atoms in total. The van der Waals surface area contributed by atoms with E-state index in [-0.39, 0.29) is 6.04 Å². The van der Waals surface area contributed by atoms with Gasteiger partial charge < -0.3 is 5.21 Å². The first kappa shape index (κ1) is 8.52. The third kappa shape index (κ3) is 2.18. The SMILES string of the molecule is ONC1=CCCCC[C@H]1NO. The maximum absolute atomic E-state index is 8.68. The van der Waals surface area contributed by atoms with Gasteiger partial charge in [0.2, 0.25) is 0 Å². The Morgan fingerprint density at radius 1 is 1.36 bits per heavy atom. The molecule has 0 amide bonds. The van der Waals surface area contributed by atoms with E-state index in [9.17, 15) is 0 Å². The van der Waals surface area contributed by atoms with E-state index in [0.29, 0.717) is 5.70 Å². The monoisotopic (exact) mass is 158 g/mol. The smallest absolute Gasteiger partial charge is 0.0735 e. The van der Waals surface area contributed by atoms with Crippen LogP contribution in [0.15, 0.2) is 11.8 Å². The summed E-state index contributed by atoms with van der Waals surface area (Å²) in [4.78, 5) is 0. The number of nitrogens with one attached hydrogen (secondary N) is 2. The summed E-state index contributed by atoms with van der Waals surface area (Å²) in [5.41, 5.74) is 4.91. The van der Waals surface area contributed by atoms with Gasteiger partial charge in [0, 0.05) is 0 Å². The minimum absolute atomic E-state index is 0.137. The lowest BCUT2D eigenvalue weighted by Gasteiger charge is -2.14. The molecule has 1 aliphatic carbocycles. The predicted octanol–water partition coefficient (Wildman–Crippen LogP) is 0.770. The fraction of sp³-hybridized carbons (Fsp3) is 0.714. The second-order valence-corrected chi connectivity index (χ2v) is 2.74. The Bertz CT molecular complexity index is 147. The van der Waals surface area contributed by atoms with Crippen LogP contribution in [0.1, 0.15) is 25.7 Å². The van der Waals surface area contributed by atoms with Crippen LogP contribution in [-0.4, -0.2) is 16.5 Å². The van der Waals surface area contributed by atoms with E-state index in [4.69, 9.17) is 10.4 Å². The Balaban J connectivity index is 2.56. The van der Waals surface area contributed by atoms with Gasteiger partial charge in [0.1, 0.15) is 0 Å². The van der Waals surface area contributed by atoms with Gasteiger partial charge in [0.05, 0.1) is 11.7 Å². The molecule has 4 heteroatoms. The average molecular weight is 158 g/mol. The van der Waals surface area contributed by atoms with Crippen LogP contribution >= 0.6 is 0 Å². The molecule has 0 unspecified atom stereocenters. The maximum Gasteiger partial charge on any atom is 0.0735 e. The van der Waals surface area contributed by atoms with Gasteiger partial charge in [-0.3, -0.25) is 10.7 Å². The van der Waals surface area contributed by atoms with Crippen molar-refractivity contribution >= 4 is 0 Å². The maximum atomic E-state index is 8.68. The first-order valence-electron chi connectivity index (χ1n) is 3.88. The van der Waals surface area contributed by atoms with E-state index < -0.39 is 0 Å². The van der Waals surface area contributed by atoms with Gasteiger partial charge in [-0.25, -0.2) is 0 Å². The highest BCUT2D eigenvalue weighted by molar-refractivity contribution is 5.07. The lowest BCUT2D eigenvalue weighted by molar-refractivity contribution is 0.111. The van der Waals surface area contributed by atoms with Crippen LogP contribution in [0.4, 0.5) is 0 Å². The van der Waals surface area contributed by atoms with Crippen LogP contribution in [0, 0.1) is 0 Å². The van der Waals surface area contributed by atoms with Crippen LogP contribution in [0.25, 0.3) is 0 Å². The molecule has 0 bridgehead atoms. The van der Waals surface area contributed by atoms with Crippen molar-refractivity contribution in [1.29, 1.82) is 0 Å². The third-order valence-electron chi connectivity index (χ3n) is 1.97. The molecule has 0 fully saturated rings. The molecule has 0 aromatic carbocycles. The number of rotatable bonds is 2. The predicted molar refractivity (Wildman–Crippen MR) is 40.2 cm³/mol. The molecular formula is C7H14N2O2. The third-order valence-corrected chi connectivity index (χ3v) is 1.97. The molecule has 0 spiro atoms. The molecule has 0 aromatic heterocycles. The molecule has 1 aliphatic rings. The second kappa shape index (κ2) is 4.33. The van der Waals surface area contributed by atoms with Gasteiger partial charge in [-0.15, -0.1) is 0 Å². The summed E-state index contributed by atoms with van der Waals surface area (Å²) in [6.45, 7) is 0. The Labute approximate surface area is 65.8 Å². The highest BCUT2D eigenvalue weighted by Crippen LogP contribution is 2.15. The molecule has 4 N–H and O–H groups in total. The van der Waals surface area contributed by atoms with Gasteiger partial charge in [0.15, 0.2) is 0 Å². The summed E-state index contributed by atoms with van der Waals surface area (Å²) < 4.78 is 0. The van der Waals surface area contributed by atoms with E-state index >= 15 is 0 Å². The summed E-state index contributed by atoms with van der Waals surface area (Å²) in [5, 5.41) is 17.3.